The van der Waals surface area contributed by atoms with Crippen LogP contribution in [0.2, 0.25) is 0 Å². The Morgan fingerprint density at radius 1 is 1.20 bits per heavy atom. The maximum atomic E-state index is 11.3. The smallest absolute Gasteiger partial charge is 0.306 e. The molecule has 1 saturated carbocycles. The van der Waals surface area contributed by atoms with E-state index in [1.165, 1.54) is 37.7 Å². The monoisotopic (exact) mass is 400 g/mol. The highest BCUT2D eigenvalue weighted by atomic mass is 79.9. The number of benzene rings is 1. The van der Waals surface area contributed by atoms with Crippen LogP contribution in [0.5, 0.6) is 0 Å². The fourth-order valence-corrected chi connectivity index (χ4v) is 4.72. The predicted octanol–water partition coefficient (Wildman–Crippen LogP) is 5.03. The minimum Gasteiger partial charge on any atom is -0.306 e. The fourth-order valence-electron chi connectivity index (χ4n) is 3.15. The molecule has 0 bridgehead atoms. The number of halogens is 2. The third kappa shape index (κ3) is 3.03. The van der Waals surface area contributed by atoms with E-state index in [-0.39, 0.29) is 5.69 Å². The van der Waals surface area contributed by atoms with Crippen molar-refractivity contribution in [2.24, 2.45) is 5.92 Å². The van der Waals surface area contributed by atoms with Gasteiger partial charge in [0.1, 0.15) is 0 Å². The number of rotatable bonds is 4. The summed E-state index contributed by atoms with van der Waals surface area (Å²) in [6.45, 7) is 0. The maximum Gasteiger partial charge on any atom is 0.323 e. The zero-order chi connectivity index (χ0) is 14.1. The second kappa shape index (κ2) is 6.06. The highest BCUT2D eigenvalue weighted by molar-refractivity contribution is 9.11. The van der Waals surface area contributed by atoms with Gasteiger partial charge in [0.05, 0.1) is 11.0 Å². The molecule has 1 unspecified atom stereocenters. The summed E-state index contributed by atoms with van der Waals surface area (Å²) in [6, 6.07) is 4.04. The SMILES string of the molecule is O=c1[nH]c2cc(Br)c(C(Br)CCC3CCCC3)cc2[nH]1. The lowest BCUT2D eigenvalue weighted by atomic mass is 9.98. The Morgan fingerprint density at radius 2 is 1.85 bits per heavy atom. The van der Waals surface area contributed by atoms with E-state index in [4.69, 9.17) is 0 Å². The van der Waals surface area contributed by atoms with Crippen LogP contribution in [0.25, 0.3) is 11.0 Å². The van der Waals surface area contributed by atoms with E-state index >= 15 is 0 Å². The minimum atomic E-state index is -0.152. The van der Waals surface area contributed by atoms with Gasteiger partial charge in [0.15, 0.2) is 0 Å². The Hall–Kier alpha value is -0.550. The molecule has 5 heteroatoms. The van der Waals surface area contributed by atoms with Crippen molar-refractivity contribution in [3.63, 3.8) is 0 Å². The summed E-state index contributed by atoms with van der Waals surface area (Å²) in [5, 5.41) is 0. The van der Waals surface area contributed by atoms with E-state index in [2.05, 4.69) is 47.9 Å². The van der Waals surface area contributed by atoms with Gasteiger partial charge >= 0.3 is 5.69 Å². The predicted molar refractivity (Wildman–Crippen MR) is 89.5 cm³/mol. The van der Waals surface area contributed by atoms with E-state index in [1.807, 2.05) is 6.07 Å². The summed E-state index contributed by atoms with van der Waals surface area (Å²) >= 11 is 7.42. The standard InChI is InChI=1S/C15H18Br2N2O/c16-11(6-5-9-3-1-2-4-9)10-7-13-14(8-12(10)17)19-15(20)18-13/h7-9,11H,1-6H2,(H2,18,19,20). The number of imidazole rings is 1. The van der Waals surface area contributed by atoms with Crippen LogP contribution >= 0.6 is 31.9 Å². The molecule has 0 aliphatic heterocycles. The van der Waals surface area contributed by atoms with Crippen LogP contribution in [0, 0.1) is 5.92 Å². The molecule has 0 radical (unpaired) electrons. The average Bonchev–Trinajstić information content (AvgIpc) is 3.03. The van der Waals surface area contributed by atoms with Crippen molar-refractivity contribution in [1.82, 2.24) is 9.97 Å². The number of hydrogen-bond acceptors (Lipinski definition) is 1. The number of nitrogens with one attached hydrogen (secondary N) is 2. The Morgan fingerprint density at radius 3 is 2.55 bits per heavy atom. The highest BCUT2D eigenvalue weighted by Crippen LogP contribution is 2.38. The fraction of sp³-hybridized carbons (Fsp3) is 0.533. The molecule has 108 valence electrons. The van der Waals surface area contributed by atoms with Crippen LogP contribution in [0.4, 0.5) is 0 Å². The molecular weight excluding hydrogens is 384 g/mol. The molecule has 0 spiro atoms. The van der Waals surface area contributed by atoms with Crippen LogP contribution in [-0.4, -0.2) is 9.97 Å². The van der Waals surface area contributed by atoms with Gasteiger partial charge in [-0.2, -0.15) is 0 Å². The van der Waals surface area contributed by atoms with Crippen LogP contribution in [-0.2, 0) is 0 Å². The molecule has 0 saturated heterocycles. The minimum absolute atomic E-state index is 0.152. The topological polar surface area (TPSA) is 48.6 Å². The molecular formula is C15H18Br2N2O. The first-order valence-corrected chi connectivity index (χ1v) is 8.90. The largest absolute Gasteiger partial charge is 0.323 e. The Balaban J connectivity index is 1.77. The van der Waals surface area contributed by atoms with E-state index in [1.54, 1.807) is 0 Å². The first-order chi connectivity index (χ1) is 9.63. The summed E-state index contributed by atoms with van der Waals surface area (Å²) in [4.78, 5) is 17.3. The normalized spacial score (nSPS) is 17.9. The number of aromatic amines is 2. The highest BCUT2D eigenvalue weighted by Gasteiger charge is 2.19. The number of fused-ring (bicyclic) bond motifs is 1. The van der Waals surface area contributed by atoms with Gasteiger partial charge in [0, 0.05) is 9.30 Å². The number of H-pyrrole nitrogens is 2. The molecule has 1 aliphatic rings. The summed E-state index contributed by atoms with van der Waals surface area (Å²) < 4.78 is 1.05. The molecule has 20 heavy (non-hydrogen) atoms. The average molecular weight is 402 g/mol. The Kier molecular flexibility index (Phi) is 4.36. The molecule has 3 nitrogen and oxygen atoms in total. The van der Waals surface area contributed by atoms with Gasteiger partial charge in [-0.25, -0.2) is 4.79 Å². The van der Waals surface area contributed by atoms with Crippen molar-refractivity contribution in [2.45, 2.75) is 43.4 Å². The van der Waals surface area contributed by atoms with Gasteiger partial charge in [-0.1, -0.05) is 57.5 Å². The molecule has 1 aromatic carbocycles. The van der Waals surface area contributed by atoms with Gasteiger partial charge in [0.25, 0.3) is 0 Å². The molecule has 0 amide bonds. The lowest BCUT2D eigenvalue weighted by Gasteiger charge is -2.15. The zero-order valence-electron chi connectivity index (χ0n) is 11.2. The first-order valence-electron chi connectivity index (χ1n) is 7.19. The summed E-state index contributed by atoms with van der Waals surface area (Å²) in [5.74, 6) is 0.907. The lowest BCUT2D eigenvalue weighted by molar-refractivity contribution is 0.483. The van der Waals surface area contributed by atoms with Gasteiger partial charge in [-0.15, -0.1) is 0 Å². The molecule has 2 N–H and O–H groups in total. The molecule has 1 aliphatic carbocycles. The first kappa shape index (κ1) is 14.4. The summed E-state index contributed by atoms with van der Waals surface area (Å²) in [6.07, 6.45) is 8.01. The summed E-state index contributed by atoms with van der Waals surface area (Å²) in [7, 11) is 0. The quantitative estimate of drug-likeness (QED) is 0.693. The second-order valence-electron chi connectivity index (χ2n) is 5.69. The summed E-state index contributed by atoms with van der Waals surface area (Å²) in [5.41, 5.74) is 2.78. The molecule has 1 heterocycles. The van der Waals surface area contributed by atoms with E-state index in [0.717, 1.165) is 27.8 Å². The van der Waals surface area contributed by atoms with Crippen LogP contribution in [0.3, 0.4) is 0 Å². The molecule has 1 atom stereocenters. The van der Waals surface area contributed by atoms with E-state index < -0.39 is 0 Å². The van der Waals surface area contributed by atoms with Crippen LogP contribution in [0.1, 0.15) is 48.9 Å². The number of aromatic nitrogens is 2. The molecule has 3 rings (SSSR count). The van der Waals surface area contributed by atoms with E-state index in [9.17, 15) is 4.79 Å². The number of hydrogen-bond donors (Lipinski definition) is 2. The van der Waals surface area contributed by atoms with Gasteiger partial charge in [-0.3, -0.25) is 0 Å². The number of alkyl halides is 1. The van der Waals surface area contributed by atoms with Gasteiger partial charge in [-0.05, 0) is 36.5 Å². The van der Waals surface area contributed by atoms with Crippen molar-refractivity contribution in [3.05, 3.63) is 32.7 Å². The lowest BCUT2D eigenvalue weighted by Crippen LogP contribution is -1.99. The third-order valence-corrected chi connectivity index (χ3v) is 5.91. The third-order valence-electron chi connectivity index (χ3n) is 4.27. The van der Waals surface area contributed by atoms with Gasteiger partial charge < -0.3 is 9.97 Å². The van der Waals surface area contributed by atoms with Gasteiger partial charge in [0.2, 0.25) is 0 Å². The molecule has 2 aromatic rings. The Labute approximate surface area is 134 Å². The van der Waals surface area contributed by atoms with E-state index in [0.29, 0.717) is 4.83 Å². The van der Waals surface area contributed by atoms with Crippen molar-refractivity contribution < 1.29 is 0 Å². The molecule has 1 fully saturated rings. The zero-order valence-corrected chi connectivity index (χ0v) is 14.4. The molecule has 1 aromatic heterocycles. The van der Waals surface area contributed by atoms with Crippen molar-refractivity contribution >= 4 is 42.9 Å². The van der Waals surface area contributed by atoms with Crippen molar-refractivity contribution in [1.29, 1.82) is 0 Å². The van der Waals surface area contributed by atoms with Crippen LogP contribution in [0.15, 0.2) is 21.4 Å². The maximum absolute atomic E-state index is 11.3. The van der Waals surface area contributed by atoms with Crippen LogP contribution < -0.4 is 5.69 Å². The Bertz CT molecular complexity index is 655. The van der Waals surface area contributed by atoms with Crippen molar-refractivity contribution in [2.75, 3.05) is 0 Å². The van der Waals surface area contributed by atoms with Crippen molar-refractivity contribution in [3.8, 4) is 0 Å². The second-order valence-corrected chi connectivity index (χ2v) is 7.65.